The number of ether oxygens (including phenoxy) is 1. The summed E-state index contributed by atoms with van der Waals surface area (Å²) in [6, 6.07) is 11.6. The standard InChI is InChI=1S/C27H30N10O/c1-19-26(32-33-36(19)17-27(3,4)35-11-9-34(18-29)10-12-35)21-13-24-31-16-22(15-28)37(24)25(14-21)38-20(2)23-7-5-6-8-30-23/h5-8,13-14,16,20H,9-12,17H2,1-4H3/t20-/m1/s1. The van der Waals surface area contributed by atoms with E-state index in [0.29, 0.717) is 23.8 Å². The molecule has 194 valence electrons. The average molecular weight is 511 g/mol. The van der Waals surface area contributed by atoms with E-state index in [0.717, 1.165) is 48.8 Å². The number of rotatable bonds is 7. The fraction of sp³-hybridized carbons (Fsp3) is 0.407. The van der Waals surface area contributed by atoms with Crippen molar-refractivity contribution in [1.82, 2.24) is 39.2 Å². The van der Waals surface area contributed by atoms with Crippen molar-refractivity contribution in [2.24, 2.45) is 0 Å². The first-order valence-electron chi connectivity index (χ1n) is 12.6. The lowest BCUT2D eigenvalue weighted by Gasteiger charge is -2.42. The van der Waals surface area contributed by atoms with Gasteiger partial charge in [-0.2, -0.15) is 10.5 Å². The highest BCUT2D eigenvalue weighted by atomic mass is 16.5. The Balaban J connectivity index is 1.45. The zero-order valence-corrected chi connectivity index (χ0v) is 22.0. The third-order valence-electron chi connectivity index (χ3n) is 7.16. The number of aromatic nitrogens is 6. The molecule has 1 aliphatic rings. The maximum absolute atomic E-state index is 9.65. The number of fused-ring (bicyclic) bond motifs is 1. The predicted molar refractivity (Wildman–Crippen MR) is 140 cm³/mol. The molecule has 11 heteroatoms. The van der Waals surface area contributed by atoms with Crippen molar-refractivity contribution < 1.29 is 4.74 Å². The predicted octanol–water partition coefficient (Wildman–Crippen LogP) is 3.19. The minimum Gasteiger partial charge on any atom is -0.469 e. The maximum atomic E-state index is 9.65. The molecule has 0 N–H and O–H groups in total. The molecule has 11 nitrogen and oxygen atoms in total. The highest BCUT2D eigenvalue weighted by Gasteiger charge is 2.31. The molecule has 0 spiro atoms. The molecule has 0 aliphatic carbocycles. The lowest BCUT2D eigenvalue weighted by atomic mass is 10.0. The van der Waals surface area contributed by atoms with Crippen LogP contribution in [0.15, 0.2) is 42.7 Å². The summed E-state index contributed by atoms with van der Waals surface area (Å²) < 4.78 is 9.95. The normalized spacial score (nSPS) is 15.3. The Labute approximate surface area is 221 Å². The molecule has 1 aliphatic heterocycles. The summed E-state index contributed by atoms with van der Waals surface area (Å²) in [6.45, 7) is 12.1. The number of hydrogen-bond donors (Lipinski definition) is 0. The van der Waals surface area contributed by atoms with Gasteiger partial charge < -0.3 is 9.64 Å². The Bertz CT molecular complexity index is 1520. The second-order valence-electron chi connectivity index (χ2n) is 10.1. The molecule has 0 aromatic carbocycles. The van der Waals surface area contributed by atoms with Crippen LogP contribution in [0.25, 0.3) is 16.9 Å². The zero-order valence-electron chi connectivity index (χ0n) is 22.0. The third-order valence-corrected chi connectivity index (χ3v) is 7.16. The van der Waals surface area contributed by atoms with Crippen LogP contribution >= 0.6 is 0 Å². The van der Waals surface area contributed by atoms with E-state index in [-0.39, 0.29) is 11.6 Å². The lowest BCUT2D eigenvalue weighted by molar-refractivity contribution is 0.0564. The molecular formula is C27H30N10O. The number of nitrogens with zero attached hydrogens (tertiary/aromatic N) is 10. The van der Waals surface area contributed by atoms with Crippen molar-refractivity contribution in [2.45, 2.75) is 45.9 Å². The fourth-order valence-corrected chi connectivity index (χ4v) is 4.89. The smallest absolute Gasteiger partial charge is 0.201 e. The van der Waals surface area contributed by atoms with Crippen molar-refractivity contribution in [3.63, 3.8) is 0 Å². The van der Waals surface area contributed by atoms with Crippen molar-refractivity contribution in [3.05, 3.63) is 59.8 Å². The number of nitriles is 2. The van der Waals surface area contributed by atoms with E-state index in [4.69, 9.17) is 4.74 Å². The molecule has 0 saturated carbocycles. The highest BCUT2D eigenvalue weighted by Crippen LogP contribution is 2.31. The van der Waals surface area contributed by atoms with Gasteiger partial charge in [0.05, 0.1) is 24.1 Å². The summed E-state index contributed by atoms with van der Waals surface area (Å²) in [5, 5.41) is 27.8. The zero-order chi connectivity index (χ0) is 26.9. The van der Waals surface area contributed by atoms with Crippen molar-refractivity contribution >= 4 is 5.65 Å². The second kappa shape index (κ2) is 10.1. The van der Waals surface area contributed by atoms with E-state index in [9.17, 15) is 10.5 Å². The first-order valence-corrected chi connectivity index (χ1v) is 12.6. The van der Waals surface area contributed by atoms with Gasteiger partial charge in [-0.05, 0) is 45.9 Å². The molecule has 0 bridgehead atoms. The van der Waals surface area contributed by atoms with Gasteiger partial charge in [0.25, 0.3) is 0 Å². The van der Waals surface area contributed by atoms with Crippen LogP contribution in [-0.2, 0) is 6.54 Å². The molecule has 0 unspecified atom stereocenters. The second-order valence-corrected chi connectivity index (χ2v) is 10.1. The fourth-order valence-electron chi connectivity index (χ4n) is 4.89. The summed E-state index contributed by atoms with van der Waals surface area (Å²) in [5.74, 6) is 0.481. The first kappa shape index (κ1) is 25.2. The topological polar surface area (TPSA) is 124 Å². The van der Waals surface area contributed by atoms with E-state index in [1.807, 2.05) is 48.9 Å². The van der Waals surface area contributed by atoms with Crippen LogP contribution in [0.4, 0.5) is 0 Å². The van der Waals surface area contributed by atoms with Crippen LogP contribution in [0.1, 0.15) is 44.0 Å². The lowest BCUT2D eigenvalue weighted by Crippen LogP contribution is -2.55. The van der Waals surface area contributed by atoms with Gasteiger partial charge in [0.1, 0.15) is 29.2 Å². The van der Waals surface area contributed by atoms with Gasteiger partial charge in [-0.3, -0.25) is 14.3 Å². The van der Waals surface area contributed by atoms with Gasteiger partial charge in [-0.25, -0.2) is 9.67 Å². The Morgan fingerprint density at radius 2 is 1.89 bits per heavy atom. The number of pyridine rings is 2. The first-order chi connectivity index (χ1) is 18.3. The molecule has 4 aromatic heterocycles. The van der Waals surface area contributed by atoms with E-state index < -0.39 is 0 Å². The molecule has 1 atom stereocenters. The Kier molecular flexibility index (Phi) is 6.70. The molecule has 0 amide bonds. The minimum absolute atomic E-state index is 0.168. The van der Waals surface area contributed by atoms with Crippen molar-refractivity contribution in [2.75, 3.05) is 26.2 Å². The summed E-state index contributed by atoms with van der Waals surface area (Å²) in [4.78, 5) is 13.0. The molecular weight excluding hydrogens is 480 g/mol. The molecule has 38 heavy (non-hydrogen) atoms. The molecule has 0 radical (unpaired) electrons. The van der Waals surface area contributed by atoms with Gasteiger partial charge >= 0.3 is 0 Å². The third kappa shape index (κ3) is 4.76. The number of piperazine rings is 1. The van der Waals surface area contributed by atoms with E-state index in [2.05, 4.69) is 51.3 Å². The van der Waals surface area contributed by atoms with Gasteiger partial charge in [0, 0.05) is 49.5 Å². The van der Waals surface area contributed by atoms with Gasteiger partial charge in [-0.15, -0.1) is 5.10 Å². The SMILES string of the molecule is Cc1c(-c2cc(O[C@H](C)c3ccccn3)n3c(C#N)cnc3c2)nnn1CC(C)(C)N1CCN(C#N)CC1. The van der Waals surface area contributed by atoms with Crippen molar-refractivity contribution in [1.29, 1.82) is 10.5 Å². The summed E-state index contributed by atoms with van der Waals surface area (Å²) >= 11 is 0. The largest absolute Gasteiger partial charge is 0.469 e. The van der Waals surface area contributed by atoms with Crippen LogP contribution in [-0.4, -0.2) is 70.9 Å². The highest BCUT2D eigenvalue weighted by molar-refractivity contribution is 5.68. The van der Waals surface area contributed by atoms with Crippen LogP contribution in [0.2, 0.25) is 0 Å². The number of imidazole rings is 1. The van der Waals surface area contributed by atoms with Crippen LogP contribution in [0.3, 0.4) is 0 Å². The minimum atomic E-state index is -0.345. The van der Waals surface area contributed by atoms with Gasteiger partial charge in [0.2, 0.25) is 5.88 Å². The van der Waals surface area contributed by atoms with Crippen LogP contribution in [0, 0.1) is 29.7 Å². The molecule has 5 heterocycles. The summed E-state index contributed by atoms with van der Waals surface area (Å²) in [6.07, 6.45) is 5.16. The summed E-state index contributed by atoms with van der Waals surface area (Å²) in [7, 11) is 0. The molecule has 1 saturated heterocycles. The van der Waals surface area contributed by atoms with Crippen molar-refractivity contribution in [3.8, 4) is 29.4 Å². The van der Waals surface area contributed by atoms with Crippen LogP contribution < -0.4 is 4.74 Å². The quantitative estimate of drug-likeness (QED) is 0.345. The van der Waals surface area contributed by atoms with Gasteiger partial charge in [0.15, 0.2) is 6.19 Å². The number of hydrogen-bond acceptors (Lipinski definition) is 9. The molecule has 5 rings (SSSR count). The Hall–Kier alpha value is -4.48. The van der Waals surface area contributed by atoms with E-state index in [1.165, 1.54) is 6.20 Å². The average Bonchev–Trinajstić information content (AvgIpc) is 3.52. The van der Waals surface area contributed by atoms with E-state index >= 15 is 0 Å². The maximum Gasteiger partial charge on any atom is 0.201 e. The monoisotopic (exact) mass is 510 g/mol. The molecule has 4 aromatic rings. The summed E-state index contributed by atoms with van der Waals surface area (Å²) in [5.41, 5.74) is 4.05. The Morgan fingerprint density at radius 3 is 2.58 bits per heavy atom. The van der Waals surface area contributed by atoms with Gasteiger partial charge in [-0.1, -0.05) is 11.3 Å². The Morgan fingerprint density at radius 1 is 1.11 bits per heavy atom. The molecule has 1 fully saturated rings. The van der Waals surface area contributed by atoms with Crippen LogP contribution in [0.5, 0.6) is 5.88 Å². The van der Waals surface area contributed by atoms with E-state index in [1.54, 1.807) is 15.5 Å².